The van der Waals surface area contributed by atoms with E-state index in [2.05, 4.69) is 36.4 Å². The van der Waals surface area contributed by atoms with Crippen molar-refractivity contribution >= 4 is 39.5 Å². The first-order chi connectivity index (χ1) is 9.28. The van der Waals surface area contributed by atoms with E-state index in [1.165, 1.54) is 13.0 Å². The Balaban J connectivity index is 3.07. The summed E-state index contributed by atoms with van der Waals surface area (Å²) >= 11 is 6.32. The van der Waals surface area contributed by atoms with E-state index in [1.54, 1.807) is 19.1 Å². The highest BCUT2D eigenvalue weighted by molar-refractivity contribution is 9.10. The van der Waals surface area contributed by atoms with Crippen LogP contribution >= 0.6 is 39.5 Å². The summed E-state index contributed by atoms with van der Waals surface area (Å²) in [6.45, 7) is 3.10. The van der Waals surface area contributed by atoms with Gasteiger partial charge in [0.2, 0.25) is 0 Å². The van der Waals surface area contributed by atoms with Gasteiger partial charge in [-0.05, 0) is 24.6 Å². The van der Waals surface area contributed by atoms with Crippen LogP contribution in [0.3, 0.4) is 0 Å². The summed E-state index contributed by atoms with van der Waals surface area (Å²) in [6.07, 6.45) is -3.81. The number of alkyl halides is 3. The van der Waals surface area contributed by atoms with Crippen LogP contribution in [0.5, 0.6) is 0 Å². The maximum atomic E-state index is 14.1. The molecule has 1 aromatic rings. The average molecular weight is 436 g/mol. The minimum Gasteiger partial charge on any atom is -0.309 e. The van der Waals surface area contributed by atoms with Crippen molar-refractivity contribution in [3.05, 3.63) is 33.8 Å². The average Bonchev–Trinajstić information content (AvgIpc) is 2.37. The zero-order valence-corrected chi connectivity index (χ0v) is 15.1. The third kappa shape index (κ3) is 4.60. The largest absolute Gasteiger partial charge is 0.391 e. The lowest BCUT2D eigenvalue weighted by atomic mass is 10.1. The molecule has 20 heavy (non-hydrogen) atoms. The number of hydrogen-bond acceptors (Lipinski definition) is 3. The third-order valence-corrected chi connectivity index (χ3v) is 5.71. The molecule has 0 aromatic heterocycles. The SMILES string of the molecule is CCOP(=O)(CC)OC(F)(F)c1ccc(CBr)cc1Br. The highest BCUT2D eigenvalue weighted by atomic mass is 79.9. The maximum absolute atomic E-state index is 14.1. The van der Waals surface area contributed by atoms with Crippen molar-refractivity contribution in [2.75, 3.05) is 12.8 Å². The summed E-state index contributed by atoms with van der Waals surface area (Å²) in [4.78, 5) is 0. The van der Waals surface area contributed by atoms with E-state index in [9.17, 15) is 13.3 Å². The van der Waals surface area contributed by atoms with Crippen LogP contribution in [0.2, 0.25) is 0 Å². The van der Waals surface area contributed by atoms with E-state index in [0.717, 1.165) is 5.56 Å². The molecule has 3 nitrogen and oxygen atoms in total. The monoisotopic (exact) mass is 434 g/mol. The Hall–Kier alpha value is 0.190. The lowest BCUT2D eigenvalue weighted by Gasteiger charge is -2.24. The van der Waals surface area contributed by atoms with Crippen LogP contribution in [-0.4, -0.2) is 12.8 Å². The van der Waals surface area contributed by atoms with Gasteiger partial charge in [0.15, 0.2) is 0 Å². The summed E-state index contributed by atoms with van der Waals surface area (Å²) in [6, 6.07) is 4.34. The van der Waals surface area contributed by atoms with Crippen LogP contribution in [0, 0.1) is 0 Å². The van der Waals surface area contributed by atoms with Gasteiger partial charge in [0.05, 0.1) is 12.2 Å². The molecular formula is C12H15Br2F2O3P. The second kappa shape index (κ2) is 7.45. The van der Waals surface area contributed by atoms with E-state index >= 15 is 0 Å². The van der Waals surface area contributed by atoms with Crippen LogP contribution in [0.1, 0.15) is 25.0 Å². The Morgan fingerprint density at radius 3 is 2.45 bits per heavy atom. The molecule has 0 saturated heterocycles. The van der Waals surface area contributed by atoms with Gasteiger partial charge >= 0.3 is 13.7 Å². The quantitative estimate of drug-likeness (QED) is 0.409. The van der Waals surface area contributed by atoms with Crippen LogP contribution in [0.4, 0.5) is 8.78 Å². The molecule has 0 radical (unpaired) electrons. The van der Waals surface area contributed by atoms with Gasteiger partial charge < -0.3 is 4.52 Å². The van der Waals surface area contributed by atoms with Crippen LogP contribution in [-0.2, 0) is 25.1 Å². The number of hydrogen-bond donors (Lipinski definition) is 0. The van der Waals surface area contributed by atoms with Gasteiger partial charge in [-0.15, -0.1) is 0 Å². The molecule has 8 heteroatoms. The zero-order valence-electron chi connectivity index (χ0n) is 11.0. The first kappa shape index (κ1) is 18.2. The predicted octanol–water partition coefficient (Wildman–Crippen LogP) is 5.66. The molecule has 0 N–H and O–H groups in total. The Morgan fingerprint density at radius 1 is 1.35 bits per heavy atom. The summed E-state index contributed by atoms with van der Waals surface area (Å²) < 4.78 is 49.9. The molecule has 0 aliphatic carbocycles. The highest BCUT2D eigenvalue weighted by Crippen LogP contribution is 2.55. The van der Waals surface area contributed by atoms with Gasteiger partial charge in [0.1, 0.15) is 0 Å². The molecule has 1 unspecified atom stereocenters. The van der Waals surface area contributed by atoms with E-state index < -0.39 is 13.7 Å². The number of benzene rings is 1. The summed E-state index contributed by atoms with van der Waals surface area (Å²) in [5, 5.41) is 0.546. The van der Waals surface area contributed by atoms with Gasteiger partial charge in [-0.25, -0.2) is 4.52 Å². The minimum absolute atomic E-state index is 0.0465. The van der Waals surface area contributed by atoms with Crippen molar-refractivity contribution in [2.24, 2.45) is 0 Å². The second-order valence-electron chi connectivity index (χ2n) is 3.90. The summed E-state index contributed by atoms with van der Waals surface area (Å²) in [7, 11) is -3.81. The van der Waals surface area contributed by atoms with Crippen LogP contribution in [0.25, 0.3) is 0 Å². The number of rotatable bonds is 7. The Bertz CT molecular complexity index is 511. The van der Waals surface area contributed by atoms with E-state index in [0.29, 0.717) is 5.33 Å². The molecular weight excluding hydrogens is 421 g/mol. The molecule has 114 valence electrons. The van der Waals surface area contributed by atoms with Crippen molar-refractivity contribution < 1.29 is 22.4 Å². The van der Waals surface area contributed by atoms with Gasteiger partial charge in [-0.3, -0.25) is 4.57 Å². The molecule has 0 spiro atoms. The molecule has 0 amide bonds. The van der Waals surface area contributed by atoms with Crippen LogP contribution < -0.4 is 0 Å². The first-order valence-electron chi connectivity index (χ1n) is 5.95. The summed E-state index contributed by atoms with van der Waals surface area (Å²) in [5.74, 6) is 0. The lowest BCUT2D eigenvalue weighted by Crippen LogP contribution is -2.19. The van der Waals surface area contributed by atoms with Crippen LogP contribution in [0.15, 0.2) is 22.7 Å². The van der Waals surface area contributed by atoms with E-state index in [4.69, 9.17) is 4.52 Å². The molecule has 0 aliphatic heterocycles. The molecule has 1 rings (SSSR count). The Morgan fingerprint density at radius 2 is 2.00 bits per heavy atom. The first-order valence-corrected chi connectivity index (χ1v) is 9.59. The van der Waals surface area contributed by atoms with Crippen molar-refractivity contribution in [3.8, 4) is 0 Å². The summed E-state index contributed by atoms with van der Waals surface area (Å²) in [5.41, 5.74) is 0.454. The number of halogens is 4. The topological polar surface area (TPSA) is 35.5 Å². The fourth-order valence-corrected chi connectivity index (χ4v) is 3.69. The normalized spacial score (nSPS) is 15.1. The lowest BCUT2D eigenvalue weighted by molar-refractivity contribution is -0.191. The molecule has 0 aliphatic rings. The fourth-order valence-electron chi connectivity index (χ4n) is 1.48. The molecule has 0 bridgehead atoms. The minimum atomic E-state index is -3.81. The molecule has 1 atom stereocenters. The standard InChI is InChI=1S/C12H15Br2F2O3P/c1-3-18-20(17,4-2)19-12(15,16)10-6-5-9(8-13)7-11(10)14/h5-7H,3-4,8H2,1-2H3. The third-order valence-electron chi connectivity index (χ3n) is 2.47. The van der Waals surface area contributed by atoms with Crippen molar-refractivity contribution in [1.29, 1.82) is 0 Å². The van der Waals surface area contributed by atoms with E-state index in [1.807, 2.05) is 0 Å². The van der Waals surface area contributed by atoms with E-state index in [-0.39, 0.29) is 22.8 Å². The van der Waals surface area contributed by atoms with Crippen molar-refractivity contribution in [1.82, 2.24) is 0 Å². The Kier molecular flexibility index (Phi) is 6.80. The van der Waals surface area contributed by atoms with Gasteiger partial charge in [-0.1, -0.05) is 44.8 Å². The predicted molar refractivity (Wildman–Crippen MR) is 81.5 cm³/mol. The van der Waals surface area contributed by atoms with Gasteiger partial charge in [0.25, 0.3) is 0 Å². The molecule has 1 aromatic carbocycles. The molecule has 0 saturated carbocycles. The second-order valence-corrected chi connectivity index (χ2v) is 7.61. The smallest absolute Gasteiger partial charge is 0.309 e. The molecule has 0 heterocycles. The molecule has 0 fully saturated rings. The maximum Gasteiger partial charge on any atom is 0.391 e. The van der Waals surface area contributed by atoms with Crippen molar-refractivity contribution in [3.63, 3.8) is 0 Å². The van der Waals surface area contributed by atoms with Gasteiger partial charge in [-0.2, -0.15) is 8.78 Å². The van der Waals surface area contributed by atoms with Gasteiger partial charge in [0, 0.05) is 16.0 Å². The highest BCUT2D eigenvalue weighted by Gasteiger charge is 2.42. The Labute approximate surface area is 133 Å². The van der Waals surface area contributed by atoms with Crippen molar-refractivity contribution in [2.45, 2.75) is 25.3 Å². The zero-order chi connectivity index (χ0) is 15.4. The fraction of sp³-hybridized carbons (Fsp3) is 0.500.